The Labute approximate surface area is 137 Å². The number of carbonyl (C=O) groups excluding carboxylic acids is 1. The van der Waals surface area contributed by atoms with Gasteiger partial charge in [0.25, 0.3) is 5.91 Å². The van der Waals surface area contributed by atoms with Gasteiger partial charge in [0.2, 0.25) is 0 Å². The van der Waals surface area contributed by atoms with Gasteiger partial charge in [0.05, 0.1) is 13.2 Å². The van der Waals surface area contributed by atoms with E-state index < -0.39 is 6.10 Å². The molecule has 0 N–H and O–H groups in total. The van der Waals surface area contributed by atoms with E-state index in [2.05, 4.69) is 18.7 Å². The number of rotatable bonds is 6. The Morgan fingerprint density at radius 3 is 2.78 bits per heavy atom. The van der Waals surface area contributed by atoms with Gasteiger partial charge in [-0.05, 0) is 38.1 Å². The molecule has 1 saturated heterocycles. The van der Waals surface area contributed by atoms with Gasteiger partial charge < -0.3 is 14.4 Å². The zero-order valence-corrected chi connectivity index (χ0v) is 14.0. The first-order chi connectivity index (χ1) is 11.0. The highest BCUT2D eigenvalue weighted by molar-refractivity contribution is 5.81. The highest BCUT2D eigenvalue weighted by Gasteiger charge is 2.29. The summed E-state index contributed by atoms with van der Waals surface area (Å²) in [5, 5.41) is 0. The zero-order chi connectivity index (χ0) is 16.8. The Hall–Kier alpha value is -1.66. The average molecular weight is 324 g/mol. The molecule has 1 amide bonds. The third-order valence-electron chi connectivity index (χ3n) is 3.99. The van der Waals surface area contributed by atoms with Gasteiger partial charge >= 0.3 is 0 Å². The Morgan fingerprint density at radius 2 is 2.13 bits per heavy atom. The molecule has 2 rings (SSSR count). The summed E-state index contributed by atoms with van der Waals surface area (Å²) in [5.41, 5.74) is 0. The van der Waals surface area contributed by atoms with Crippen molar-refractivity contribution in [3.05, 3.63) is 30.1 Å². The molecule has 0 bridgehead atoms. The molecule has 1 aliphatic heterocycles. The van der Waals surface area contributed by atoms with E-state index in [4.69, 9.17) is 9.47 Å². The van der Waals surface area contributed by atoms with E-state index >= 15 is 0 Å². The molecule has 1 fully saturated rings. The summed E-state index contributed by atoms with van der Waals surface area (Å²) in [5.74, 6) is 0.263. The lowest BCUT2D eigenvalue weighted by Crippen LogP contribution is -2.52. The van der Waals surface area contributed by atoms with Crippen molar-refractivity contribution in [2.45, 2.75) is 26.0 Å². The minimum absolute atomic E-state index is 0.0296. The van der Waals surface area contributed by atoms with Crippen LogP contribution in [0.1, 0.15) is 13.8 Å². The van der Waals surface area contributed by atoms with E-state index in [0.717, 1.165) is 6.54 Å². The second kappa shape index (κ2) is 8.26. The lowest BCUT2D eigenvalue weighted by atomic mass is 10.2. The highest BCUT2D eigenvalue weighted by Crippen LogP contribution is 2.12. The number of carbonyl (C=O) groups is 1. The lowest BCUT2D eigenvalue weighted by molar-refractivity contribution is -0.149. The lowest BCUT2D eigenvalue weighted by Gasteiger charge is -2.36. The topological polar surface area (TPSA) is 42.0 Å². The summed E-state index contributed by atoms with van der Waals surface area (Å²) >= 11 is 0. The van der Waals surface area contributed by atoms with Crippen LogP contribution in [-0.4, -0.2) is 67.7 Å². The third-order valence-corrected chi connectivity index (χ3v) is 3.99. The van der Waals surface area contributed by atoms with Gasteiger partial charge in [-0.2, -0.15) is 0 Å². The number of morpholine rings is 1. The molecule has 5 nitrogen and oxygen atoms in total. The summed E-state index contributed by atoms with van der Waals surface area (Å²) in [6, 6.07) is 6.24. The van der Waals surface area contributed by atoms with Crippen molar-refractivity contribution in [3.63, 3.8) is 0 Å². The maximum atomic E-state index is 12.8. The predicted molar refractivity (Wildman–Crippen MR) is 86.0 cm³/mol. The van der Waals surface area contributed by atoms with Crippen molar-refractivity contribution in [3.8, 4) is 5.75 Å². The molecule has 23 heavy (non-hydrogen) atoms. The van der Waals surface area contributed by atoms with E-state index in [1.165, 1.54) is 12.1 Å². The van der Waals surface area contributed by atoms with Crippen LogP contribution in [0, 0.1) is 5.82 Å². The molecule has 1 heterocycles. The Kier molecular flexibility index (Phi) is 6.36. The fourth-order valence-corrected chi connectivity index (χ4v) is 2.47. The van der Waals surface area contributed by atoms with Crippen molar-refractivity contribution < 1.29 is 18.7 Å². The Bertz CT molecular complexity index is 507. The van der Waals surface area contributed by atoms with Crippen LogP contribution >= 0.6 is 0 Å². The smallest absolute Gasteiger partial charge is 0.252 e. The predicted octanol–water partition coefficient (Wildman–Crippen LogP) is 1.77. The number of likely N-dealkylation sites (N-methyl/N-ethyl adjacent to an activating group) is 1. The van der Waals surface area contributed by atoms with Gasteiger partial charge in [-0.1, -0.05) is 0 Å². The van der Waals surface area contributed by atoms with E-state index in [1.54, 1.807) is 24.1 Å². The molecule has 0 saturated carbocycles. The quantitative estimate of drug-likeness (QED) is 0.800. The van der Waals surface area contributed by atoms with Gasteiger partial charge in [0.1, 0.15) is 24.3 Å². The van der Waals surface area contributed by atoms with Crippen molar-refractivity contribution in [1.29, 1.82) is 0 Å². The van der Waals surface area contributed by atoms with E-state index in [9.17, 15) is 9.18 Å². The summed E-state index contributed by atoms with van der Waals surface area (Å²) < 4.78 is 23.9. The molecule has 0 radical (unpaired) electrons. The van der Waals surface area contributed by atoms with Crippen molar-refractivity contribution in [2.75, 3.05) is 39.9 Å². The van der Waals surface area contributed by atoms with Crippen LogP contribution in [0.5, 0.6) is 5.75 Å². The molecule has 0 aliphatic carbocycles. The normalized spacial score (nSPS) is 18.9. The zero-order valence-electron chi connectivity index (χ0n) is 14.0. The number of hydrogen-bond donors (Lipinski definition) is 0. The Morgan fingerprint density at radius 1 is 1.43 bits per heavy atom. The van der Waals surface area contributed by atoms with E-state index in [0.29, 0.717) is 38.1 Å². The van der Waals surface area contributed by atoms with Gasteiger partial charge in [-0.25, -0.2) is 4.39 Å². The molecule has 128 valence electrons. The average Bonchev–Trinajstić information content (AvgIpc) is 2.56. The van der Waals surface area contributed by atoms with Crippen LogP contribution in [0.3, 0.4) is 0 Å². The molecule has 1 aromatic carbocycles. The molecule has 1 atom stereocenters. The van der Waals surface area contributed by atoms with Crippen LogP contribution in [0.4, 0.5) is 4.39 Å². The fourth-order valence-electron chi connectivity index (χ4n) is 2.47. The fraction of sp³-hybridized carbons (Fsp3) is 0.588. The van der Waals surface area contributed by atoms with Gasteiger partial charge in [-0.15, -0.1) is 0 Å². The Balaban J connectivity index is 1.77. The van der Waals surface area contributed by atoms with Crippen LogP contribution in [0.25, 0.3) is 0 Å². The molecular weight excluding hydrogens is 299 g/mol. The molecule has 1 aliphatic rings. The van der Waals surface area contributed by atoms with Crippen molar-refractivity contribution in [2.24, 2.45) is 0 Å². The number of ether oxygens (including phenoxy) is 2. The second-order valence-electron chi connectivity index (χ2n) is 6.01. The minimum atomic E-state index is -0.415. The number of halogens is 1. The molecule has 1 aromatic rings. The van der Waals surface area contributed by atoms with Crippen LogP contribution in [0.2, 0.25) is 0 Å². The van der Waals surface area contributed by atoms with Gasteiger partial charge in [0.15, 0.2) is 0 Å². The monoisotopic (exact) mass is 324 g/mol. The maximum absolute atomic E-state index is 12.8. The molecule has 6 heteroatoms. The number of benzene rings is 1. The molecule has 0 aromatic heterocycles. The summed E-state index contributed by atoms with van der Waals surface area (Å²) in [6.07, 6.45) is -0.415. The molecule has 0 spiro atoms. The standard InChI is InChI=1S/C17H25FN2O3/c1-13(2)20-9-11-23-16(12-20)17(21)19(3)8-10-22-15-6-4-14(18)5-7-15/h4-7,13,16H,8-12H2,1-3H3/t16-/m0/s1. The number of nitrogens with zero attached hydrogens (tertiary/aromatic N) is 2. The first-order valence-corrected chi connectivity index (χ1v) is 7.96. The summed E-state index contributed by atoms with van der Waals surface area (Å²) in [7, 11) is 1.74. The SMILES string of the molecule is CC(C)N1CCO[C@H](C(=O)N(C)CCOc2ccc(F)cc2)C1. The summed E-state index contributed by atoms with van der Waals surface area (Å²) in [4.78, 5) is 16.3. The first kappa shape index (κ1) is 17.7. The number of hydrogen-bond acceptors (Lipinski definition) is 4. The largest absolute Gasteiger partial charge is 0.492 e. The minimum Gasteiger partial charge on any atom is -0.492 e. The number of amides is 1. The van der Waals surface area contributed by atoms with Crippen molar-refractivity contribution >= 4 is 5.91 Å². The van der Waals surface area contributed by atoms with Crippen LogP contribution in [-0.2, 0) is 9.53 Å². The summed E-state index contributed by atoms with van der Waals surface area (Å²) in [6.45, 7) is 7.11. The first-order valence-electron chi connectivity index (χ1n) is 7.96. The third kappa shape index (κ3) is 5.18. The molecule has 0 unspecified atom stereocenters. The van der Waals surface area contributed by atoms with E-state index in [1.807, 2.05) is 0 Å². The highest BCUT2D eigenvalue weighted by atomic mass is 19.1. The van der Waals surface area contributed by atoms with Crippen LogP contribution < -0.4 is 4.74 Å². The van der Waals surface area contributed by atoms with Gasteiger partial charge in [0, 0.05) is 26.2 Å². The second-order valence-corrected chi connectivity index (χ2v) is 6.01. The van der Waals surface area contributed by atoms with Crippen molar-refractivity contribution in [1.82, 2.24) is 9.80 Å². The maximum Gasteiger partial charge on any atom is 0.252 e. The van der Waals surface area contributed by atoms with Crippen LogP contribution in [0.15, 0.2) is 24.3 Å². The molecular formula is C17H25FN2O3. The van der Waals surface area contributed by atoms with Gasteiger partial charge in [-0.3, -0.25) is 9.69 Å². The van der Waals surface area contributed by atoms with E-state index in [-0.39, 0.29) is 11.7 Å².